The van der Waals surface area contributed by atoms with Gasteiger partial charge in [-0.2, -0.15) is 13.2 Å². The van der Waals surface area contributed by atoms with Crippen LogP contribution in [0.25, 0.3) is 10.9 Å². The second-order valence-corrected chi connectivity index (χ2v) is 9.35. The van der Waals surface area contributed by atoms with Gasteiger partial charge >= 0.3 is 12.1 Å². The minimum Gasteiger partial charge on any atom is -0.475 e. The van der Waals surface area contributed by atoms with Crippen LogP contribution >= 0.6 is 11.8 Å². The van der Waals surface area contributed by atoms with Crippen molar-refractivity contribution in [3.05, 3.63) is 30.1 Å². The molecule has 1 aromatic heterocycles. The Labute approximate surface area is 190 Å². The molecule has 1 aromatic carbocycles. The molecule has 6 nitrogen and oxygen atoms in total. The molecule has 0 saturated carbocycles. The Morgan fingerprint density at radius 2 is 1.81 bits per heavy atom. The number of thioether (sulfide) groups is 1. The normalized spacial score (nSPS) is 15.3. The van der Waals surface area contributed by atoms with Crippen LogP contribution in [0.3, 0.4) is 0 Å². The zero-order chi connectivity index (χ0) is 23.8. The Morgan fingerprint density at radius 3 is 2.41 bits per heavy atom. The molecule has 0 atom stereocenters. The molecule has 178 valence electrons. The van der Waals surface area contributed by atoms with E-state index < -0.39 is 12.1 Å². The molecule has 1 N–H and O–H groups in total. The quantitative estimate of drug-likeness (QED) is 0.447. The zero-order valence-electron chi connectivity index (χ0n) is 18.6. The first-order chi connectivity index (χ1) is 15.0. The fourth-order valence-corrected chi connectivity index (χ4v) is 4.18. The van der Waals surface area contributed by atoms with Gasteiger partial charge in [-0.05, 0) is 17.9 Å². The topological polar surface area (TPSA) is 75.5 Å². The largest absolute Gasteiger partial charge is 0.490 e. The van der Waals surface area contributed by atoms with E-state index in [1.165, 1.54) is 18.2 Å². The van der Waals surface area contributed by atoms with Crippen LogP contribution in [0, 0.1) is 5.41 Å². The first kappa shape index (κ1) is 26.3. The van der Waals surface area contributed by atoms with Crippen molar-refractivity contribution < 1.29 is 27.8 Å². The third kappa shape index (κ3) is 8.55. The number of aliphatic carboxylic acids is 1. The van der Waals surface area contributed by atoms with Gasteiger partial charge in [0, 0.05) is 24.2 Å². The molecule has 0 unspecified atom stereocenters. The molecule has 32 heavy (non-hydrogen) atoms. The van der Waals surface area contributed by atoms with Crippen LogP contribution in [0.15, 0.2) is 29.3 Å². The van der Waals surface area contributed by atoms with Crippen molar-refractivity contribution in [3.63, 3.8) is 0 Å². The van der Waals surface area contributed by atoms with Crippen LogP contribution in [-0.2, 0) is 16.1 Å². The van der Waals surface area contributed by atoms with E-state index in [2.05, 4.69) is 49.9 Å². The van der Waals surface area contributed by atoms with Crippen LogP contribution in [-0.4, -0.2) is 64.2 Å². The van der Waals surface area contributed by atoms with Gasteiger partial charge in [-0.15, -0.1) is 11.8 Å². The average molecular weight is 474 g/mol. The van der Waals surface area contributed by atoms with Crippen LogP contribution in [0.2, 0.25) is 0 Å². The Kier molecular flexibility index (Phi) is 9.72. The van der Waals surface area contributed by atoms with Crippen molar-refractivity contribution in [2.45, 2.75) is 51.4 Å². The summed E-state index contributed by atoms with van der Waals surface area (Å²) in [5, 5.41) is 9.42. The minimum atomic E-state index is -5.08. The van der Waals surface area contributed by atoms with Crippen LogP contribution in [0.4, 0.5) is 13.2 Å². The van der Waals surface area contributed by atoms with E-state index in [0.29, 0.717) is 5.41 Å². The summed E-state index contributed by atoms with van der Waals surface area (Å²) in [6.07, 6.45) is -2.67. The van der Waals surface area contributed by atoms with Crippen LogP contribution in [0.1, 0.15) is 39.4 Å². The molecule has 1 aliphatic rings. The lowest BCUT2D eigenvalue weighted by molar-refractivity contribution is -0.192. The first-order valence-corrected chi connectivity index (χ1v) is 11.5. The number of hydrogen-bond donors (Lipinski definition) is 1. The van der Waals surface area contributed by atoms with Crippen molar-refractivity contribution in [1.29, 1.82) is 0 Å². The van der Waals surface area contributed by atoms with Gasteiger partial charge in [0.25, 0.3) is 0 Å². The molecule has 1 fully saturated rings. The van der Waals surface area contributed by atoms with Crippen molar-refractivity contribution in [3.8, 4) is 0 Å². The highest BCUT2D eigenvalue weighted by molar-refractivity contribution is 7.99. The summed E-state index contributed by atoms with van der Waals surface area (Å²) in [6.45, 7) is 11.3. The van der Waals surface area contributed by atoms with Crippen molar-refractivity contribution >= 4 is 28.6 Å². The molecule has 1 saturated heterocycles. The molecule has 0 radical (unpaired) electrons. The van der Waals surface area contributed by atoms with Crippen molar-refractivity contribution in [1.82, 2.24) is 14.9 Å². The van der Waals surface area contributed by atoms with Gasteiger partial charge in [-0.25, -0.2) is 14.8 Å². The summed E-state index contributed by atoms with van der Waals surface area (Å²) < 4.78 is 37.2. The summed E-state index contributed by atoms with van der Waals surface area (Å²) in [7, 11) is 0. The third-order valence-corrected chi connectivity index (χ3v) is 6.29. The van der Waals surface area contributed by atoms with Crippen LogP contribution in [0.5, 0.6) is 0 Å². The van der Waals surface area contributed by atoms with Crippen molar-refractivity contribution in [2.75, 3.05) is 32.1 Å². The lowest BCUT2D eigenvalue weighted by Gasteiger charge is -2.26. The highest BCUT2D eigenvalue weighted by Crippen LogP contribution is 2.31. The highest BCUT2D eigenvalue weighted by atomic mass is 32.2. The number of nitrogens with zero attached hydrogens (tertiary/aromatic N) is 3. The zero-order valence-corrected chi connectivity index (χ0v) is 19.4. The van der Waals surface area contributed by atoms with Gasteiger partial charge in [0.2, 0.25) is 0 Å². The van der Waals surface area contributed by atoms with E-state index in [-0.39, 0.29) is 0 Å². The lowest BCUT2D eigenvalue weighted by atomic mass is 9.87. The van der Waals surface area contributed by atoms with E-state index >= 15 is 0 Å². The van der Waals surface area contributed by atoms with E-state index in [1.807, 2.05) is 11.8 Å². The third-order valence-electron chi connectivity index (χ3n) is 5.30. The maximum Gasteiger partial charge on any atom is 0.490 e. The number of para-hydroxylation sites is 1. The molecule has 0 spiro atoms. The standard InChI is InChI=1S/C20H29N3OS.C2HF3O2/c1-4-20(2,3)9-14-25-19-16-7-5-6-8-17(16)21-18(22-19)15-23-10-12-24-13-11-23;3-2(4,5)1(6)7/h5-8H,4,9-15H2,1-3H3;(H,6,7). The maximum atomic E-state index is 10.6. The summed E-state index contributed by atoms with van der Waals surface area (Å²) >= 11 is 1.87. The Hall–Kier alpha value is -1.91. The second kappa shape index (κ2) is 11.8. The number of halogens is 3. The van der Waals surface area contributed by atoms with Gasteiger partial charge < -0.3 is 9.84 Å². The molecule has 2 heterocycles. The SMILES string of the molecule is CCC(C)(C)CCSc1nc(CN2CCOCC2)nc2ccccc12.O=C(O)C(F)(F)F. The van der Waals surface area contributed by atoms with Crippen LogP contribution < -0.4 is 0 Å². The molecular formula is C22H30F3N3O3S. The van der Waals surface area contributed by atoms with Gasteiger partial charge in [0.05, 0.1) is 25.3 Å². The summed E-state index contributed by atoms with van der Waals surface area (Å²) in [5.41, 5.74) is 1.45. The van der Waals surface area contributed by atoms with Gasteiger partial charge in [-0.3, -0.25) is 4.90 Å². The molecule has 0 bridgehead atoms. The van der Waals surface area contributed by atoms with Gasteiger partial charge in [-0.1, -0.05) is 45.4 Å². The minimum absolute atomic E-state index is 0.395. The lowest BCUT2D eigenvalue weighted by Crippen LogP contribution is -2.36. The van der Waals surface area contributed by atoms with E-state index in [0.717, 1.165) is 55.0 Å². The predicted molar refractivity (Wildman–Crippen MR) is 119 cm³/mol. The van der Waals surface area contributed by atoms with E-state index in [4.69, 9.17) is 24.6 Å². The van der Waals surface area contributed by atoms with E-state index in [1.54, 1.807) is 0 Å². The number of aromatic nitrogens is 2. The molecule has 0 aliphatic carbocycles. The number of fused-ring (bicyclic) bond motifs is 1. The number of ether oxygens (including phenoxy) is 1. The number of hydrogen-bond acceptors (Lipinski definition) is 6. The Bertz CT molecular complexity index is 888. The molecule has 1 aliphatic heterocycles. The number of rotatable bonds is 7. The number of carboxylic acids is 1. The maximum absolute atomic E-state index is 10.6. The predicted octanol–water partition coefficient (Wildman–Crippen LogP) is 5.01. The second-order valence-electron chi connectivity index (χ2n) is 8.27. The average Bonchev–Trinajstić information content (AvgIpc) is 2.74. The molecule has 2 aromatic rings. The molecule has 3 rings (SSSR count). The number of alkyl halides is 3. The fraction of sp³-hybridized carbons (Fsp3) is 0.591. The highest BCUT2D eigenvalue weighted by Gasteiger charge is 2.38. The monoisotopic (exact) mass is 473 g/mol. The fourth-order valence-electron chi connectivity index (χ4n) is 2.83. The number of morpholine rings is 1. The molecule has 0 amide bonds. The molecule has 10 heteroatoms. The Balaban J connectivity index is 0.000000451. The first-order valence-electron chi connectivity index (χ1n) is 10.5. The van der Waals surface area contributed by atoms with Gasteiger partial charge in [0.15, 0.2) is 0 Å². The number of carboxylic acid groups (broad SMARTS) is 1. The summed E-state index contributed by atoms with van der Waals surface area (Å²) in [5.74, 6) is -0.732. The number of carbonyl (C=O) groups is 1. The smallest absolute Gasteiger partial charge is 0.475 e. The summed E-state index contributed by atoms with van der Waals surface area (Å²) in [6, 6.07) is 8.37. The molecular weight excluding hydrogens is 443 g/mol. The Morgan fingerprint density at radius 1 is 1.19 bits per heavy atom. The van der Waals surface area contributed by atoms with Gasteiger partial charge in [0.1, 0.15) is 10.9 Å². The summed E-state index contributed by atoms with van der Waals surface area (Å²) in [4.78, 5) is 21.0. The van der Waals surface area contributed by atoms with E-state index in [9.17, 15) is 13.2 Å². The van der Waals surface area contributed by atoms with Crippen molar-refractivity contribution in [2.24, 2.45) is 5.41 Å². The number of benzene rings is 1.